The summed E-state index contributed by atoms with van der Waals surface area (Å²) in [6, 6.07) is 27.3. The highest BCUT2D eigenvalue weighted by molar-refractivity contribution is 5.85. The molecule has 0 fully saturated rings. The Morgan fingerprint density at radius 3 is 2.58 bits per heavy atom. The molecule has 1 aromatic heterocycles. The molecule has 128 valence electrons. The van der Waals surface area contributed by atoms with Crippen LogP contribution in [-0.2, 0) is 6.42 Å². The normalized spacial score (nSPS) is 11.8. The fraction of sp³-hybridized carbons (Fsp3) is 0.0833. The monoisotopic (exact) mass is 338 g/mol. The maximum Gasteiger partial charge on any atom is 0.0464 e. The van der Waals surface area contributed by atoms with Gasteiger partial charge in [-0.15, -0.1) is 0 Å². The minimum Gasteiger partial charge on any atom is -0.398 e. The molecule has 0 aliphatic carbocycles. The number of nitrogen functional groups attached to an aromatic ring is 1. The molecule has 3 N–H and O–H groups in total. The lowest BCUT2D eigenvalue weighted by atomic mass is 10.0. The van der Waals surface area contributed by atoms with Gasteiger partial charge < -0.3 is 10.7 Å². The number of hydrogen-bond donors (Lipinski definition) is 2. The zero-order chi connectivity index (χ0) is 17.9. The number of aromatic amines is 1. The van der Waals surface area contributed by atoms with E-state index in [0.717, 1.165) is 23.4 Å². The van der Waals surface area contributed by atoms with E-state index in [-0.39, 0.29) is 0 Å². The van der Waals surface area contributed by atoms with Gasteiger partial charge in [-0.05, 0) is 54.3 Å². The molecule has 0 spiro atoms. The first-order valence-corrected chi connectivity index (χ1v) is 8.88. The Kier molecular flexibility index (Phi) is 4.32. The number of benzene rings is 3. The molecule has 0 unspecified atom stereocenters. The van der Waals surface area contributed by atoms with Crippen molar-refractivity contribution in [3.63, 3.8) is 0 Å². The van der Waals surface area contributed by atoms with E-state index in [9.17, 15) is 0 Å². The van der Waals surface area contributed by atoms with Crippen molar-refractivity contribution in [2.45, 2.75) is 13.3 Å². The summed E-state index contributed by atoms with van der Waals surface area (Å²) in [6.07, 6.45) is 3.08. The highest BCUT2D eigenvalue weighted by Gasteiger charge is 2.05. The Hall–Kier alpha value is -3.26. The Bertz CT molecular complexity index is 1050. The molecule has 0 bridgehead atoms. The first-order valence-electron chi connectivity index (χ1n) is 8.88. The van der Waals surface area contributed by atoms with E-state index in [0.29, 0.717) is 0 Å². The number of allylic oxidation sites excluding steroid dienone is 1. The summed E-state index contributed by atoms with van der Waals surface area (Å²) in [5, 5.41) is 1.24. The summed E-state index contributed by atoms with van der Waals surface area (Å²) in [5.41, 5.74) is 14.1. The third kappa shape index (κ3) is 3.40. The van der Waals surface area contributed by atoms with E-state index in [1.54, 1.807) is 0 Å². The van der Waals surface area contributed by atoms with Crippen LogP contribution in [0.15, 0.2) is 84.4 Å². The fourth-order valence-corrected chi connectivity index (χ4v) is 3.36. The van der Waals surface area contributed by atoms with Gasteiger partial charge in [0.15, 0.2) is 0 Å². The quantitative estimate of drug-likeness (QED) is 0.436. The molecule has 2 nitrogen and oxygen atoms in total. The van der Waals surface area contributed by atoms with E-state index in [1.807, 2.05) is 18.2 Å². The molecule has 0 saturated heterocycles. The zero-order valence-electron chi connectivity index (χ0n) is 14.9. The first-order chi connectivity index (χ1) is 12.7. The molecule has 3 aromatic carbocycles. The Labute approximate surface area is 154 Å². The Morgan fingerprint density at radius 2 is 1.73 bits per heavy atom. The largest absolute Gasteiger partial charge is 0.398 e. The van der Waals surface area contributed by atoms with Gasteiger partial charge in [0.1, 0.15) is 0 Å². The topological polar surface area (TPSA) is 41.8 Å². The average molecular weight is 338 g/mol. The van der Waals surface area contributed by atoms with Crippen molar-refractivity contribution < 1.29 is 0 Å². The molecular formula is C24H22N2. The lowest BCUT2D eigenvalue weighted by Crippen LogP contribution is -1.91. The second-order valence-corrected chi connectivity index (χ2v) is 6.77. The van der Waals surface area contributed by atoms with Crippen molar-refractivity contribution in [2.24, 2.45) is 0 Å². The van der Waals surface area contributed by atoms with Gasteiger partial charge in [-0.1, -0.05) is 66.2 Å². The lowest BCUT2D eigenvalue weighted by molar-refractivity contribution is 1.16. The van der Waals surface area contributed by atoms with Crippen LogP contribution < -0.4 is 5.73 Å². The van der Waals surface area contributed by atoms with Gasteiger partial charge in [0.25, 0.3) is 0 Å². The van der Waals surface area contributed by atoms with E-state index < -0.39 is 0 Å². The van der Waals surface area contributed by atoms with Gasteiger partial charge in [-0.3, -0.25) is 0 Å². The molecule has 4 rings (SSSR count). The van der Waals surface area contributed by atoms with E-state index in [4.69, 9.17) is 5.73 Å². The van der Waals surface area contributed by atoms with Gasteiger partial charge in [0.2, 0.25) is 0 Å². The second kappa shape index (κ2) is 6.93. The average Bonchev–Trinajstić information content (AvgIpc) is 3.08. The maximum atomic E-state index is 6.05. The molecule has 0 aliphatic rings. The second-order valence-electron chi connectivity index (χ2n) is 6.77. The molecule has 0 atom stereocenters. The van der Waals surface area contributed by atoms with Gasteiger partial charge in [-0.2, -0.15) is 0 Å². The third-order valence-corrected chi connectivity index (χ3v) is 4.65. The van der Waals surface area contributed by atoms with Crippen LogP contribution in [0, 0.1) is 0 Å². The number of H-pyrrole nitrogens is 1. The number of anilines is 1. The van der Waals surface area contributed by atoms with Gasteiger partial charge in [0, 0.05) is 22.3 Å². The molecule has 0 radical (unpaired) electrons. The molecule has 1 heterocycles. The standard InChI is InChI=1S/C24H22N2/c1-17(14-19-8-2-4-11-22(19)25)13-18-7-6-10-20(15-18)24-16-21-9-3-5-12-23(21)26-24/h2-12,14-16,26H,13,25H2,1H3/b17-14+. The molecule has 0 amide bonds. The predicted octanol–water partition coefficient (Wildman–Crippen LogP) is 6.06. The van der Waals surface area contributed by atoms with Crippen LogP contribution in [-0.4, -0.2) is 4.98 Å². The van der Waals surface area contributed by atoms with Crippen molar-refractivity contribution in [3.8, 4) is 11.3 Å². The van der Waals surface area contributed by atoms with Crippen LogP contribution in [0.3, 0.4) is 0 Å². The van der Waals surface area contributed by atoms with Crippen molar-refractivity contribution in [1.82, 2.24) is 4.98 Å². The third-order valence-electron chi connectivity index (χ3n) is 4.65. The van der Waals surface area contributed by atoms with Crippen molar-refractivity contribution >= 4 is 22.7 Å². The van der Waals surface area contributed by atoms with Crippen molar-refractivity contribution in [1.29, 1.82) is 0 Å². The summed E-state index contributed by atoms with van der Waals surface area (Å²) >= 11 is 0. The number of rotatable bonds is 4. The molecule has 4 aromatic rings. The lowest BCUT2D eigenvalue weighted by Gasteiger charge is -2.06. The van der Waals surface area contributed by atoms with Crippen LogP contribution in [0.4, 0.5) is 5.69 Å². The van der Waals surface area contributed by atoms with Crippen LogP contribution >= 0.6 is 0 Å². The maximum absolute atomic E-state index is 6.05. The summed E-state index contributed by atoms with van der Waals surface area (Å²) in [7, 11) is 0. The fourth-order valence-electron chi connectivity index (χ4n) is 3.36. The van der Waals surface area contributed by atoms with Crippen molar-refractivity contribution in [2.75, 3.05) is 5.73 Å². The number of nitrogens with one attached hydrogen (secondary N) is 1. The van der Waals surface area contributed by atoms with Crippen molar-refractivity contribution in [3.05, 3.63) is 95.6 Å². The first kappa shape index (κ1) is 16.2. The van der Waals surface area contributed by atoms with Crippen LogP contribution in [0.25, 0.3) is 28.2 Å². The summed E-state index contributed by atoms with van der Waals surface area (Å²) < 4.78 is 0. The minimum absolute atomic E-state index is 0.818. The minimum atomic E-state index is 0.818. The molecule has 0 saturated carbocycles. The summed E-state index contributed by atoms with van der Waals surface area (Å²) in [5.74, 6) is 0. The Balaban J connectivity index is 1.60. The number of hydrogen-bond acceptors (Lipinski definition) is 1. The number of fused-ring (bicyclic) bond motifs is 1. The van der Waals surface area contributed by atoms with E-state index >= 15 is 0 Å². The van der Waals surface area contributed by atoms with Crippen LogP contribution in [0.2, 0.25) is 0 Å². The number of para-hydroxylation sites is 2. The van der Waals surface area contributed by atoms with Crippen LogP contribution in [0.1, 0.15) is 18.1 Å². The van der Waals surface area contributed by atoms with E-state index in [1.165, 1.54) is 27.6 Å². The highest BCUT2D eigenvalue weighted by Crippen LogP contribution is 2.25. The zero-order valence-corrected chi connectivity index (χ0v) is 14.9. The molecule has 26 heavy (non-hydrogen) atoms. The van der Waals surface area contributed by atoms with Gasteiger partial charge in [-0.25, -0.2) is 0 Å². The number of aromatic nitrogens is 1. The smallest absolute Gasteiger partial charge is 0.0464 e. The highest BCUT2D eigenvalue weighted by atomic mass is 14.7. The summed E-state index contributed by atoms with van der Waals surface area (Å²) in [4.78, 5) is 3.51. The molecular weight excluding hydrogens is 316 g/mol. The summed E-state index contributed by atoms with van der Waals surface area (Å²) in [6.45, 7) is 2.15. The van der Waals surface area contributed by atoms with E-state index in [2.05, 4.69) is 78.6 Å². The SMILES string of the molecule is C/C(=C\c1ccccc1N)Cc1cccc(-c2cc3ccccc3[nH]2)c1. The predicted molar refractivity (Wildman–Crippen MR) is 112 cm³/mol. The Morgan fingerprint density at radius 1 is 0.923 bits per heavy atom. The molecule has 0 aliphatic heterocycles. The number of nitrogens with two attached hydrogens (primary N) is 1. The molecule has 2 heteroatoms. The van der Waals surface area contributed by atoms with Gasteiger partial charge >= 0.3 is 0 Å². The van der Waals surface area contributed by atoms with Crippen LogP contribution in [0.5, 0.6) is 0 Å². The van der Waals surface area contributed by atoms with Gasteiger partial charge in [0.05, 0.1) is 0 Å².